The molecule has 5 heteroatoms. The Morgan fingerprint density at radius 1 is 1.17 bits per heavy atom. The van der Waals surface area contributed by atoms with Gasteiger partial charge in [0.15, 0.2) is 11.5 Å². The standard InChI is InChI=1S/C18H19N3O2/c1-4-14-19-15-12(18(20-14)21(2)3)9-10-22-16-11-7-5-6-8-13(11)23-17(15)16/h5-8H,4,9-10H2,1-3H3. The number of aryl methyl sites for hydroxylation is 1. The van der Waals surface area contributed by atoms with E-state index in [-0.39, 0.29) is 0 Å². The van der Waals surface area contributed by atoms with Crippen molar-refractivity contribution in [2.75, 3.05) is 25.6 Å². The van der Waals surface area contributed by atoms with Gasteiger partial charge in [-0.3, -0.25) is 0 Å². The molecule has 1 aliphatic rings. The van der Waals surface area contributed by atoms with E-state index in [4.69, 9.17) is 19.1 Å². The highest BCUT2D eigenvalue weighted by molar-refractivity contribution is 5.92. The maximum Gasteiger partial charge on any atom is 0.196 e. The third kappa shape index (κ3) is 2.15. The Balaban J connectivity index is 2.05. The van der Waals surface area contributed by atoms with Crippen molar-refractivity contribution >= 4 is 16.8 Å². The zero-order chi connectivity index (χ0) is 16.0. The number of rotatable bonds is 2. The van der Waals surface area contributed by atoms with Crippen molar-refractivity contribution in [2.45, 2.75) is 19.8 Å². The summed E-state index contributed by atoms with van der Waals surface area (Å²) in [6.07, 6.45) is 1.55. The first-order valence-electron chi connectivity index (χ1n) is 7.91. The molecule has 0 N–H and O–H groups in total. The summed E-state index contributed by atoms with van der Waals surface area (Å²) in [6.45, 7) is 2.66. The third-order valence-corrected chi connectivity index (χ3v) is 4.13. The van der Waals surface area contributed by atoms with Crippen molar-refractivity contribution in [3.8, 4) is 17.2 Å². The molecule has 0 spiro atoms. The van der Waals surface area contributed by atoms with E-state index < -0.39 is 0 Å². The van der Waals surface area contributed by atoms with Gasteiger partial charge in [-0.05, 0) is 12.1 Å². The molecular formula is C18H19N3O2. The molecule has 4 rings (SSSR count). The lowest BCUT2D eigenvalue weighted by molar-refractivity contribution is 0.327. The number of aromatic nitrogens is 2. The lowest BCUT2D eigenvalue weighted by Crippen LogP contribution is -2.17. The van der Waals surface area contributed by atoms with E-state index in [1.807, 2.05) is 43.3 Å². The second kappa shape index (κ2) is 5.26. The van der Waals surface area contributed by atoms with E-state index in [0.717, 1.165) is 58.2 Å². The molecule has 1 aliphatic heterocycles. The largest absolute Gasteiger partial charge is 0.488 e. The second-order valence-corrected chi connectivity index (χ2v) is 5.89. The molecule has 0 bridgehead atoms. The Morgan fingerprint density at radius 2 is 2.00 bits per heavy atom. The Labute approximate surface area is 134 Å². The fourth-order valence-corrected chi connectivity index (χ4v) is 3.04. The van der Waals surface area contributed by atoms with Crippen molar-refractivity contribution in [1.82, 2.24) is 9.97 Å². The van der Waals surface area contributed by atoms with Gasteiger partial charge in [-0.25, -0.2) is 9.97 Å². The maximum absolute atomic E-state index is 6.10. The van der Waals surface area contributed by atoms with Crippen LogP contribution in [-0.2, 0) is 12.8 Å². The van der Waals surface area contributed by atoms with E-state index in [0.29, 0.717) is 6.61 Å². The minimum atomic E-state index is 0.596. The Bertz CT molecular complexity index is 883. The van der Waals surface area contributed by atoms with Crippen molar-refractivity contribution in [3.63, 3.8) is 0 Å². The van der Waals surface area contributed by atoms with Crippen molar-refractivity contribution in [1.29, 1.82) is 0 Å². The second-order valence-electron chi connectivity index (χ2n) is 5.89. The molecule has 0 atom stereocenters. The minimum Gasteiger partial charge on any atom is -0.488 e. The summed E-state index contributed by atoms with van der Waals surface area (Å²) in [5.41, 5.74) is 2.78. The minimum absolute atomic E-state index is 0.596. The summed E-state index contributed by atoms with van der Waals surface area (Å²) in [4.78, 5) is 11.5. The lowest BCUT2D eigenvalue weighted by Gasteiger charge is -2.18. The predicted octanol–water partition coefficient (Wildman–Crippen LogP) is 3.45. The number of anilines is 1. The molecular weight excluding hydrogens is 290 g/mol. The van der Waals surface area contributed by atoms with Gasteiger partial charge in [0, 0.05) is 32.5 Å². The first-order chi connectivity index (χ1) is 11.2. The Kier molecular flexibility index (Phi) is 3.22. The highest BCUT2D eigenvalue weighted by Crippen LogP contribution is 2.43. The molecule has 0 radical (unpaired) electrons. The van der Waals surface area contributed by atoms with Crippen LogP contribution in [-0.4, -0.2) is 30.7 Å². The lowest BCUT2D eigenvalue weighted by atomic mass is 10.1. The van der Waals surface area contributed by atoms with Crippen molar-refractivity contribution in [2.24, 2.45) is 0 Å². The van der Waals surface area contributed by atoms with E-state index in [2.05, 4.69) is 6.92 Å². The average molecular weight is 309 g/mol. The molecule has 0 saturated heterocycles. The number of benzene rings is 1. The quantitative estimate of drug-likeness (QED) is 0.725. The molecule has 0 amide bonds. The zero-order valence-corrected chi connectivity index (χ0v) is 13.6. The number of nitrogens with zero attached hydrogens (tertiary/aromatic N) is 3. The first-order valence-corrected chi connectivity index (χ1v) is 7.91. The zero-order valence-electron chi connectivity index (χ0n) is 13.6. The van der Waals surface area contributed by atoms with Crippen LogP contribution in [0.4, 0.5) is 5.82 Å². The highest BCUT2D eigenvalue weighted by atomic mass is 16.5. The highest BCUT2D eigenvalue weighted by Gasteiger charge is 2.27. The first kappa shape index (κ1) is 14.1. The Hall–Kier alpha value is -2.56. The molecule has 2 aromatic heterocycles. The summed E-state index contributed by atoms with van der Waals surface area (Å²) in [5.74, 6) is 3.29. The molecule has 5 nitrogen and oxygen atoms in total. The topological polar surface area (TPSA) is 51.4 Å². The van der Waals surface area contributed by atoms with E-state index in [1.54, 1.807) is 0 Å². The van der Waals surface area contributed by atoms with Crippen molar-refractivity contribution < 1.29 is 9.15 Å². The molecule has 23 heavy (non-hydrogen) atoms. The van der Waals surface area contributed by atoms with Crippen LogP contribution in [0.15, 0.2) is 28.7 Å². The smallest absolute Gasteiger partial charge is 0.196 e. The van der Waals surface area contributed by atoms with Gasteiger partial charge in [0.1, 0.15) is 22.9 Å². The molecule has 0 unspecified atom stereocenters. The third-order valence-electron chi connectivity index (χ3n) is 4.13. The number of para-hydroxylation sites is 1. The number of fused-ring (bicyclic) bond motifs is 5. The van der Waals surface area contributed by atoms with Gasteiger partial charge in [-0.1, -0.05) is 19.1 Å². The summed E-state index contributed by atoms with van der Waals surface area (Å²) >= 11 is 0. The van der Waals surface area contributed by atoms with Crippen LogP contribution in [0.25, 0.3) is 22.4 Å². The molecule has 1 aromatic carbocycles. The molecule has 118 valence electrons. The summed E-state index contributed by atoms with van der Waals surface area (Å²) in [7, 11) is 4.01. The number of hydrogen-bond acceptors (Lipinski definition) is 5. The predicted molar refractivity (Wildman–Crippen MR) is 90.1 cm³/mol. The molecule has 3 aromatic rings. The molecule has 0 saturated carbocycles. The Morgan fingerprint density at radius 3 is 2.78 bits per heavy atom. The number of furan rings is 1. The van der Waals surface area contributed by atoms with Crippen LogP contribution in [0.1, 0.15) is 18.3 Å². The molecule has 0 fully saturated rings. The van der Waals surface area contributed by atoms with Gasteiger partial charge in [-0.2, -0.15) is 0 Å². The normalized spacial score (nSPS) is 13.2. The van der Waals surface area contributed by atoms with E-state index in [9.17, 15) is 0 Å². The number of ether oxygens (including phenoxy) is 1. The fraction of sp³-hybridized carbons (Fsp3) is 0.333. The van der Waals surface area contributed by atoms with Gasteiger partial charge in [-0.15, -0.1) is 0 Å². The van der Waals surface area contributed by atoms with E-state index in [1.165, 1.54) is 0 Å². The summed E-state index contributed by atoms with van der Waals surface area (Å²) in [6, 6.07) is 7.95. The summed E-state index contributed by atoms with van der Waals surface area (Å²) in [5, 5.41) is 0.999. The molecule has 3 heterocycles. The van der Waals surface area contributed by atoms with Crippen LogP contribution in [0.5, 0.6) is 5.75 Å². The van der Waals surface area contributed by atoms with Crippen LogP contribution < -0.4 is 9.64 Å². The summed E-state index contributed by atoms with van der Waals surface area (Å²) < 4.78 is 12.1. The maximum atomic E-state index is 6.10. The van der Waals surface area contributed by atoms with Gasteiger partial charge in [0.25, 0.3) is 0 Å². The molecule has 0 aliphatic carbocycles. The van der Waals surface area contributed by atoms with Crippen LogP contribution in [0, 0.1) is 0 Å². The fourth-order valence-electron chi connectivity index (χ4n) is 3.04. The average Bonchev–Trinajstić information content (AvgIpc) is 2.83. The monoisotopic (exact) mass is 309 g/mol. The van der Waals surface area contributed by atoms with Crippen molar-refractivity contribution in [3.05, 3.63) is 35.7 Å². The van der Waals surface area contributed by atoms with Gasteiger partial charge < -0.3 is 14.1 Å². The van der Waals surface area contributed by atoms with Gasteiger partial charge >= 0.3 is 0 Å². The van der Waals surface area contributed by atoms with Crippen LogP contribution in [0.2, 0.25) is 0 Å². The van der Waals surface area contributed by atoms with Gasteiger partial charge in [0.05, 0.1) is 12.0 Å². The van der Waals surface area contributed by atoms with Crippen LogP contribution in [0.3, 0.4) is 0 Å². The van der Waals surface area contributed by atoms with Crippen LogP contribution >= 0.6 is 0 Å². The van der Waals surface area contributed by atoms with Gasteiger partial charge in [0.2, 0.25) is 0 Å². The SMILES string of the molecule is CCc1nc2c(c(N(C)C)n1)CCOc1c-2oc2ccccc12. The number of hydrogen-bond donors (Lipinski definition) is 0. The van der Waals surface area contributed by atoms with E-state index >= 15 is 0 Å².